The number of amides is 8. The summed E-state index contributed by atoms with van der Waals surface area (Å²) < 4.78 is 0. The summed E-state index contributed by atoms with van der Waals surface area (Å²) in [5, 5.41) is 63.8. The van der Waals surface area contributed by atoms with Crippen molar-refractivity contribution in [3.63, 3.8) is 0 Å². The van der Waals surface area contributed by atoms with Gasteiger partial charge in [0, 0.05) is 120 Å². The maximum absolute atomic E-state index is 15.8. The molecule has 8 amide bonds. The molecule has 28 N–H and O–H groups in total. The van der Waals surface area contributed by atoms with E-state index in [0.717, 1.165) is 32.7 Å². The highest BCUT2D eigenvalue weighted by molar-refractivity contribution is 6.00. The number of unbranched alkanes of at least 4 members (excludes halogenated alkanes) is 1. The zero-order valence-corrected chi connectivity index (χ0v) is 58.8. The number of carbonyl (C=O) groups is 9. The first-order valence-electron chi connectivity index (χ1n) is 35.6. The first-order chi connectivity index (χ1) is 51.0. The molecule has 1 aliphatic rings. The molecule has 1 saturated heterocycles. The average molecular weight is 1460 g/mol. The van der Waals surface area contributed by atoms with Gasteiger partial charge < -0.3 is 112 Å². The van der Waals surface area contributed by atoms with Crippen LogP contribution >= 0.6 is 0 Å². The average Bonchev–Trinajstić information content (AvgIpc) is 1.64. The van der Waals surface area contributed by atoms with Crippen molar-refractivity contribution in [2.24, 2.45) is 28.7 Å². The van der Waals surface area contributed by atoms with E-state index < -0.39 is 108 Å². The van der Waals surface area contributed by atoms with Crippen molar-refractivity contribution in [3.05, 3.63) is 144 Å². The van der Waals surface area contributed by atoms with E-state index in [-0.39, 0.29) is 115 Å². The van der Waals surface area contributed by atoms with Gasteiger partial charge >= 0.3 is 5.97 Å². The van der Waals surface area contributed by atoms with E-state index in [9.17, 15) is 24.3 Å². The Balaban J connectivity index is 1.01. The molecule has 9 atom stereocenters. The number of nitrogens with two attached hydrogens (primary N) is 5. The van der Waals surface area contributed by atoms with E-state index in [1.54, 1.807) is 30.9 Å². The third-order valence-corrected chi connectivity index (χ3v) is 18.9. The van der Waals surface area contributed by atoms with Crippen LogP contribution in [-0.2, 0) is 68.8 Å². The molecule has 5 heterocycles. The second kappa shape index (κ2) is 38.0. The Labute approximate surface area is 610 Å². The number of hydrogen-bond donors (Lipinski definition) is 23. The second-order valence-corrected chi connectivity index (χ2v) is 26.5. The lowest BCUT2D eigenvalue weighted by atomic mass is 9.99. The minimum Gasteiger partial charge on any atom is -0.480 e. The standard InChI is InChI=1S/C73H97N23O10/c74-28-10-9-24-56(70(105)106)91-64(99)55(26-13-31-84-73(80)81)89-63(98)54(25-12-30-83-72(78)79)90-65(100)59(35-43-39-87-52-22-7-3-17-47(43)52)94-68(103)61-27-14-32-96(61)69(104)60(36-44-40-88-53-23-8-4-18-48(44)53)95-67(102)58(34-42-38-86-51-21-6-2-16-46(42)51)93-66(101)57(33-41-37-85-50-20-5-1-15-45(41)50)92-62(97)49(75)19-11-29-82-71(76)77/h1-8,15-18,20-23,37-40,49,54-61,85-88H,9-14,19,24-36,74-75H2,(H,89,98)(H,90,100)(H,91,99)(H,92,97)(H,93,101)(H,94,103)(H,95,102)(H,105,106)(H4,76,77,82)(H4,78,79,83)(H4,80,81,84)/t49-,54-,55-,56-,57-,58-,59-,60-,61-/m0/s1. The summed E-state index contributed by atoms with van der Waals surface area (Å²) in [4.78, 5) is 147. The number of carbonyl (C=O) groups excluding carboxylic acids is 8. The van der Waals surface area contributed by atoms with Crippen molar-refractivity contribution < 1.29 is 48.3 Å². The normalized spacial score (nSPS) is 15.0. The zero-order chi connectivity index (χ0) is 75.8. The molecular formula is C73H97N23O10. The topological polar surface area (TPSA) is 562 Å². The first-order valence-corrected chi connectivity index (χ1v) is 35.6. The highest BCUT2D eigenvalue weighted by Gasteiger charge is 2.41. The number of carboxylic acid groups (broad SMARTS) is 1. The summed E-state index contributed by atoms with van der Waals surface area (Å²) in [7, 11) is 0. The molecule has 0 aliphatic carbocycles. The highest BCUT2D eigenvalue weighted by Crippen LogP contribution is 2.27. The molecular weight excluding hydrogens is 1360 g/mol. The summed E-state index contributed by atoms with van der Waals surface area (Å²) in [6.07, 6.45) is 8.46. The second-order valence-electron chi connectivity index (χ2n) is 26.5. The van der Waals surface area contributed by atoms with Gasteiger partial charge in [-0.1, -0.05) is 72.8 Å². The van der Waals surface area contributed by atoms with Crippen molar-refractivity contribution >= 4 is 115 Å². The van der Waals surface area contributed by atoms with Gasteiger partial charge in [0.15, 0.2) is 17.9 Å². The fraction of sp³-hybridized carbons (Fsp3) is 0.397. The minimum atomic E-state index is -1.46. The maximum atomic E-state index is 15.8. The number of nitrogens with zero attached hydrogens (tertiary/aromatic N) is 1. The SMILES string of the molecule is N=C(N)NCCC[C@H](NC(=O)[C@H](CCCNC(=N)N)NC(=O)[C@H](Cc1c[nH]c2ccccc12)NC(=O)[C@@H]1CCCN1C(=O)[C@H](Cc1c[nH]c2ccccc12)NC(=O)[C@H](Cc1c[nH]c2ccccc12)NC(=O)[C@H](Cc1c[nH]c2ccccc12)NC(=O)[C@@H](N)CCCNC(=N)N)C(=O)N[C@@H](CCCCN)C(=O)O. The quantitative estimate of drug-likeness (QED) is 0.0142. The van der Waals surface area contributed by atoms with Crippen LogP contribution in [0.4, 0.5) is 0 Å². The van der Waals surface area contributed by atoms with E-state index >= 15 is 24.0 Å². The zero-order valence-electron chi connectivity index (χ0n) is 58.8. The third kappa shape index (κ3) is 21.6. The number of H-pyrrole nitrogens is 4. The first kappa shape index (κ1) is 78.1. The molecule has 33 nitrogen and oxygen atoms in total. The lowest BCUT2D eigenvalue weighted by molar-refractivity contribution is -0.143. The van der Waals surface area contributed by atoms with E-state index in [1.807, 2.05) is 91.0 Å². The third-order valence-electron chi connectivity index (χ3n) is 18.9. The van der Waals surface area contributed by atoms with E-state index in [0.29, 0.717) is 65.4 Å². The van der Waals surface area contributed by atoms with Crippen molar-refractivity contribution in [2.45, 2.75) is 151 Å². The molecule has 0 unspecified atom stereocenters. The van der Waals surface area contributed by atoms with Gasteiger partial charge in [0.25, 0.3) is 0 Å². The predicted molar refractivity (Wildman–Crippen MR) is 402 cm³/mol. The number of fused-ring (bicyclic) bond motifs is 4. The van der Waals surface area contributed by atoms with Crippen LogP contribution in [-0.4, -0.2) is 188 Å². The number of hydrogen-bond acceptors (Lipinski definition) is 14. The van der Waals surface area contributed by atoms with Gasteiger partial charge in [0.05, 0.1) is 6.04 Å². The number of likely N-dealkylation sites (tertiary alicyclic amines) is 1. The maximum Gasteiger partial charge on any atom is 0.326 e. The molecule has 0 saturated carbocycles. The Bertz CT molecular complexity index is 4430. The lowest BCUT2D eigenvalue weighted by Crippen LogP contribution is -2.61. The summed E-state index contributed by atoms with van der Waals surface area (Å²) in [5.41, 5.74) is 34.2. The molecule has 9 rings (SSSR count). The van der Waals surface area contributed by atoms with Crippen molar-refractivity contribution in [3.8, 4) is 0 Å². The van der Waals surface area contributed by atoms with Crippen LogP contribution in [0.2, 0.25) is 0 Å². The Morgan fingerprint density at radius 2 is 0.764 bits per heavy atom. The van der Waals surface area contributed by atoms with Crippen LogP contribution in [0.15, 0.2) is 122 Å². The van der Waals surface area contributed by atoms with Gasteiger partial charge in [0.2, 0.25) is 47.3 Å². The van der Waals surface area contributed by atoms with Crippen LogP contribution in [0.25, 0.3) is 43.6 Å². The fourth-order valence-corrected chi connectivity index (χ4v) is 13.3. The smallest absolute Gasteiger partial charge is 0.326 e. The Morgan fingerprint density at radius 1 is 0.434 bits per heavy atom. The molecule has 8 aromatic rings. The lowest BCUT2D eigenvalue weighted by Gasteiger charge is -2.31. The van der Waals surface area contributed by atoms with E-state index in [4.69, 9.17) is 44.9 Å². The van der Waals surface area contributed by atoms with E-state index in [2.05, 4.69) is 73.1 Å². The number of para-hydroxylation sites is 4. The van der Waals surface area contributed by atoms with Crippen molar-refractivity contribution in [1.29, 1.82) is 16.2 Å². The summed E-state index contributed by atoms with van der Waals surface area (Å²) >= 11 is 0. The summed E-state index contributed by atoms with van der Waals surface area (Å²) in [6, 6.07) is 17.4. The summed E-state index contributed by atoms with van der Waals surface area (Å²) in [5.74, 6) is -8.37. The molecule has 0 radical (unpaired) electrons. The van der Waals surface area contributed by atoms with Crippen LogP contribution in [0.3, 0.4) is 0 Å². The number of guanidine groups is 3. The van der Waals surface area contributed by atoms with Gasteiger partial charge in [-0.05, 0) is 124 Å². The number of benzene rings is 4. The Hall–Kier alpha value is -12.0. The van der Waals surface area contributed by atoms with Crippen LogP contribution < -0.4 is 81.8 Å². The van der Waals surface area contributed by atoms with Gasteiger partial charge in [0.1, 0.15) is 48.3 Å². The largest absolute Gasteiger partial charge is 0.480 e. The van der Waals surface area contributed by atoms with E-state index in [1.165, 1.54) is 4.90 Å². The van der Waals surface area contributed by atoms with Crippen LogP contribution in [0.1, 0.15) is 92.9 Å². The Kier molecular flexibility index (Phi) is 28.0. The molecule has 4 aromatic heterocycles. The molecule has 0 spiro atoms. The van der Waals surface area contributed by atoms with Crippen molar-refractivity contribution in [2.75, 3.05) is 32.7 Å². The Morgan fingerprint density at radius 3 is 1.16 bits per heavy atom. The number of carboxylic acids is 1. The monoisotopic (exact) mass is 1460 g/mol. The van der Waals surface area contributed by atoms with Crippen LogP contribution in [0, 0.1) is 16.2 Å². The molecule has 106 heavy (non-hydrogen) atoms. The number of aromatic amines is 4. The molecule has 4 aromatic carbocycles. The molecule has 1 aliphatic heterocycles. The molecule has 33 heteroatoms. The fourth-order valence-electron chi connectivity index (χ4n) is 13.3. The van der Waals surface area contributed by atoms with Crippen LogP contribution in [0.5, 0.6) is 0 Å². The molecule has 0 bridgehead atoms. The summed E-state index contributed by atoms with van der Waals surface area (Å²) in [6.45, 7) is 0.784. The highest BCUT2D eigenvalue weighted by atomic mass is 16.4. The predicted octanol–water partition coefficient (Wildman–Crippen LogP) is 0.598. The number of aromatic nitrogens is 4. The number of aliphatic carboxylic acids is 1. The van der Waals surface area contributed by atoms with Gasteiger partial charge in [-0.25, -0.2) is 4.79 Å². The van der Waals surface area contributed by atoms with Gasteiger partial charge in [-0.2, -0.15) is 0 Å². The number of rotatable bonds is 40. The molecule has 564 valence electrons. The molecule has 1 fully saturated rings. The van der Waals surface area contributed by atoms with Crippen molar-refractivity contribution in [1.82, 2.24) is 78.0 Å². The van der Waals surface area contributed by atoms with Gasteiger partial charge in [-0.3, -0.25) is 54.6 Å². The van der Waals surface area contributed by atoms with Gasteiger partial charge in [-0.15, -0.1) is 0 Å². The minimum absolute atomic E-state index is 0.0353. The number of nitrogens with one attached hydrogen (secondary N) is 17.